The molecule has 3 heterocycles. The number of aryl methyl sites for hydroxylation is 2. The lowest BCUT2D eigenvalue weighted by atomic mass is 10.1. The molecule has 0 fully saturated rings. The number of carbonyl (C=O) groups excluding carboxylic acids is 1. The van der Waals surface area contributed by atoms with Gasteiger partial charge < -0.3 is 10.5 Å². The van der Waals surface area contributed by atoms with Crippen molar-refractivity contribution < 1.29 is 9.53 Å². The molecule has 1 aliphatic carbocycles. The van der Waals surface area contributed by atoms with Gasteiger partial charge in [-0.2, -0.15) is 0 Å². The van der Waals surface area contributed by atoms with Crippen molar-refractivity contribution in [3.05, 3.63) is 40.5 Å². The summed E-state index contributed by atoms with van der Waals surface area (Å²) in [5, 5.41) is 0.978. The molecule has 8 heteroatoms. The summed E-state index contributed by atoms with van der Waals surface area (Å²) in [5.74, 6) is 0.311. The lowest BCUT2D eigenvalue weighted by molar-refractivity contribution is 0.0455. The molecule has 2 N–H and O–H groups in total. The Kier molecular flexibility index (Phi) is 4.27. The van der Waals surface area contributed by atoms with Crippen molar-refractivity contribution in [2.45, 2.75) is 38.7 Å². The van der Waals surface area contributed by atoms with Gasteiger partial charge in [0.15, 0.2) is 18.1 Å². The van der Waals surface area contributed by atoms with Crippen LogP contribution in [0.25, 0.3) is 10.2 Å². The molecule has 0 saturated carbocycles. The zero-order chi connectivity index (χ0) is 17.2. The predicted molar refractivity (Wildman–Crippen MR) is 94.2 cm³/mol. The van der Waals surface area contributed by atoms with Crippen LogP contribution in [0.3, 0.4) is 0 Å². The minimum Gasteiger partial charge on any atom is -0.453 e. The molecule has 0 spiro atoms. The van der Waals surface area contributed by atoms with Gasteiger partial charge in [-0.25, -0.2) is 19.7 Å². The Labute approximate surface area is 148 Å². The molecule has 0 atom stereocenters. The summed E-state index contributed by atoms with van der Waals surface area (Å²) in [4.78, 5) is 30.8. The average molecular weight is 355 g/mol. The van der Waals surface area contributed by atoms with E-state index in [9.17, 15) is 4.79 Å². The van der Waals surface area contributed by atoms with E-state index in [-0.39, 0.29) is 12.3 Å². The number of thiophene rings is 1. The van der Waals surface area contributed by atoms with Crippen LogP contribution in [-0.2, 0) is 24.2 Å². The number of nitrogens with two attached hydrogens (primary N) is 1. The number of nitrogen functional groups attached to an aromatic ring is 1. The number of hydrogen-bond donors (Lipinski definition) is 1. The topological polar surface area (TPSA) is 104 Å². The molecular formula is C17H17N5O2S. The Hall–Kier alpha value is -2.61. The number of nitrogens with zero attached hydrogens (tertiary/aromatic N) is 4. The second-order valence-electron chi connectivity index (χ2n) is 5.94. The first-order chi connectivity index (χ1) is 12.2. The zero-order valence-corrected chi connectivity index (χ0v) is 14.4. The minimum atomic E-state index is -0.558. The van der Waals surface area contributed by atoms with E-state index in [0.29, 0.717) is 11.6 Å². The van der Waals surface area contributed by atoms with Gasteiger partial charge in [0.25, 0.3) is 0 Å². The highest BCUT2D eigenvalue weighted by molar-refractivity contribution is 7.19. The number of esters is 1. The molecule has 0 bridgehead atoms. The van der Waals surface area contributed by atoms with Gasteiger partial charge in [0, 0.05) is 17.3 Å². The highest BCUT2D eigenvalue weighted by atomic mass is 32.1. The van der Waals surface area contributed by atoms with E-state index in [1.54, 1.807) is 11.3 Å². The Balaban J connectivity index is 1.58. The van der Waals surface area contributed by atoms with E-state index in [0.717, 1.165) is 23.1 Å². The van der Waals surface area contributed by atoms with E-state index < -0.39 is 5.97 Å². The van der Waals surface area contributed by atoms with Gasteiger partial charge in [-0.3, -0.25) is 4.98 Å². The molecule has 0 saturated heterocycles. The number of rotatable bonds is 3. The van der Waals surface area contributed by atoms with Crippen LogP contribution < -0.4 is 5.73 Å². The molecule has 0 radical (unpaired) electrons. The molecule has 7 nitrogen and oxygen atoms in total. The van der Waals surface area contributed by atoms with Gasteiger partial charge in [0.05, 0.1) is 11.6 Å². The van der Waals surface area contributed by atoms with Crippen LogP contribution in [0.2, 0.25) is 0 Å². The molecule has 1 aliphatic rings. The maximum Gasteiger partial charge on any atom is 0.358 e. The minimum absolute atomic E-state index is 0.0435. The van der Waals surface area contributed by atoms with Gasteiger partial charge >= 0.3 is 5.97 Å². The second kappa shape index (κ2) is 6.72. The molecule has 0 aliphatic heterocycles. The quantitative estimate of drug-likeness (QED) is 0.569. The van der Waals surface area contributed by atoms with Crippen molar-refractivity contribution in [1.29, 1.82) is 0 Å². The Morgan fingerprint density at radius 2 is 2.08 bits per heavy atom. The molecule has 3 aromatic rings. The molecule has 128 valence electrons. The summed E-state index contributed by atoms with van der Waals surface area (Å²) >= 11 is 1.68. The van der Waals surface area contributed by atoms with Crippen LogP contribution in [-0.4, -0.2) is 25.9 Å². The SMILES string of the molecule is Nc1nc(COC(=O)c2cnccn2)nc2sc3c(c12)CCCCC3. The fourth-order valence-electron chi connectivity index (χ4n) is 3.08. The third-order valence-corrected chi connectivity index (χ3v) is 5.43. The van der Waals surface area contributed by atoms with Crippen molar-refractivity contribution in [3.63, 3.8) is 0 Å². The van der Waals surface area contributed by atoms with E-state index in [1.807, 2.05) is 0 Å². The fraction of sp³-hybridized carbons (Fsp3) is 0.353. The zero-order valence-electron chi connectivity index (χ0n) is 13.6. The summed E-state index contributed by atoms with van der Waals surface area (Å²) in [6, 6.07) is 0. The molecule has 0 amide bonds. The molecular weight excluding hydrogens is 338 g/mol. The number of anilines is 1. The summed E-state index contributed by atoms with van der Waals surface area (Å²) < 4.78 is 5.22. The first kappa shape index (κ1) is 15.9. The third-order valence-electron chi connectivity index (χ3n) is 4.24. The molecule has 3 aromatic heterocycles. The highest BCUT2D eigenvalue weighted by Crippen LogP contribution is 2.37. The van der Waals surface area contributed by atoms with Crippen molar-refractivity contribution in [3.8, 4) is 0 Å². The first-order valence-electron chi connectivity index (χ1n) is 8.22. The molecule has 0 aromatic carbocycles. The largest absolute Gasteiger partial charge is 0.453 e. The second-order valence-corrected chi connectivity index (χ2v) is 7.02. The number of ether oxygens (including phenoxy) is 1. The van der Waals surface area contributed by atoms with Gasteiger partial charge in [-0.15, -0.1) is 11.3 Å². The van der Waals surface area contributed by atoms with Crippen LogP contribution in [0.5, 0.6) is 0 Å². The Bertz CT molecular complexity index is 926. The lowest BCUT2D eigenvalue weighted by Gasteiger charge is -2.05. The maximum absolute atomic E-state index is 12.0. The van der Waals surface area contributed by atoms with Crippen molar-refractivity contribution >= 4 is 33.3 Å². The normalized spacial score (nSPS) is 14.1. The smallest absolute Gasteiger partial charge is 0.358 e. The fourth-order valence-corrected chi connectivity index (χ4v) is 4.37. The van der Waals surface area contributed by atoms with Crippen LogP contribution in [0.4, 0.5) is 5.82 Å². The number of carbonyl (C=O) groups is 1. The van der Waals surface area contributed by atoms with Gasteiger partial charge in [-0.05, 0) is 31.2 Å². The standard InChI is InChI=1S/C17H17N5O2S/c18-15-14-10-4-2-1-3-5-12(10)25-16(14)22-13(21-15)9-24-17(23)11-8-19-6-7-20-11/h6-8H,1-5,9H2,(H2,18,21,22). The summed E-state index contributed by atoms with van der Waals surface area (Å²) in [5.41, 5.74) is 7.64. The summed E-state index contributed by atoms with van der Waals surface area (Å²) in [6.45, 7) is -0.0435. The van der Waals surface area contributed by atoms with Crippen molar-refractivity contribution in [1.82, 2.24) is 19.9 Å². The van der Waals surface area contributed by atoms with Gasteiger partial charge in [-0.1, -0.05) is 6.42 Å². The third kappa shape index (κ3) is 3.17. The average Bonchev–Trinajstić information content (AvgIpc) is 2.82. The molecule has 25 heavy (non-hydrogen) atoms. The highest BCUT2D eigenvalue weighted by Gasteiger charge is 2.19. The van der Waals surface area contributed by atoms with E-state index >= 15 is 0 Å². The van der Waals surface area contributed by atoms with E-state index in [1.165, 1.54) is 48.3 Å². The molecule has 0 unspecified atom stereocenters. The predicted octanol–water partition coefficient (Wildman–Crippen LogP) is 2.69. The number of hydrogen-bond acceptors (Lipinski definition) is 8. The van der Waals surface area contributed by atoms with Gasteiger partial charge in [0.1, 0.15) is 10.6 Å². The van der Waals surface area contributed by atoms with E-state index in [2.05, 4.69) is 19.9 Å². The number of aromatic nitrogens is 4. The van der Waals surface area contributed by atoms with Crippen LogP contribution in [0.15, 0.2) is 18.6 Å². The first-order valence-corrected chi connectivity index (χ1v) is 9.04. The Morgan fingerprint density at radius 1 is 1.20 bits per heavy atom. The maximum atomic E-state index is 12.0. The monoisotopic (exact) mass is 355 g/mol. The summed E-state index contributed by atoms with van der Waals surface area (Å²) in [7, 11) is 0. The lowest BCUT2D eigenvalue weighted by Crippen LogP contribution is -2.10. The van der Waals surface area contributed by atoms with Gasteiger partial charge in [0.2, 0.25) is 0 Å². The van der Waals surface area contributed by atoms with Crippen molar-refractivity contribution in [2.24, 2.45) is 0 Å². The summed E-state index contributed by atoms with van der Waals surface area (Å²) in [6.07, 6.45) is 10.0. The van der Waals surface area contributed by atoms with Crippen LogP contribution in [0.1, 0.15) is 46.0 Å². The van der Waals surface area contributed by atoms with Crippen LogP contribution in [0, 0.1) is 0 Å². The number of fused-ring (bicyclic) bond motifs is 3. The van der Waals surface area contributed by atoms with Crippen LogP contribution >= 0.6 is 11.3 Å². The van der Waals surface area contributed by atoms with E-state index in [4.69, 9.17) is 10.5 Å². The Morgan fingerprint density at radius 3 is 2.92 bits per heavy atom. The van der Waals surface area contributed by atoms with Crippen molar-refractivity contribution in [2.75, 3.05) is 5.73 Å². The molecule has 4 rings (SSSR count).